The normalized spacial score (nSPS) is 12.0. The lowest BCUT2D eigenvalue weighted by atomic mass is 10.0. The van der Waals surface area contributed by atoms with Gasteiger partial charge in [-0.05, 0) is 63.1 Å². The molecule has 1 atom stereocenters. The molecule has 0 aliphatic rings. The van der Waals surface area contributed by atoms with E-state index in [4.69, 9.17) is 5.73 Å². The van der Waals surface area contributed by atoms with E-state index < -0.39 is 5.91 Å². The molecule has 4 N–H and O–H groups in total. The van der Waals surface area contributed by atoms with Crippen molar-refractivity contribution >= 4 is 22.7 Å². The molecule has 0 saturated heterocycles. The smallest absolute Gasteiger partial charge is 0.254 e. The molecule has 34 heavy (non-hydrogen) atoms. The van der Waals surface area contributed by atoms with Crippen LogP contribution in [-0.4, -0.2) is 21.4 Å². The first-order valence-electron chi connectivity index (χ1n) is 11.2. The van der Waals surface area contributed by atoms with Crippen LogP contribution in [0.15, 0.2) is 59.4 Å². The summed E-state index contributed by atoms with van der Waals surface area (Å²) in [6.07, 6.45) is 0. The SMILES string of the molecule is Cc1cc(C)c(CNC(=O)c2c(C)n(C(C)c3cccc(C(N)=O)c3)c3ccccc23)c(=O)[nH]1. The second-order valence-corrected chi connectivity index (χ2v) is 8.64. The lowest BCUT2D eigenvalue weighted by molar-refractivity contribution is 0.0950. The Labute approximate surface area is 197 Å². The number of aryl methyl sites for hydroxylation is 2. The van der Waals surface area contributed by atoms with Crippen LogP contribution in [0, 0.1) is 20.8 Å². The van der Waals surface area contributed by atoms with Crippen LogP contribution in [0.4, 0.5) is 0 Å². The Balaban J connectivity index is 1.73. The van der Waals surface area contributed by atoms with Gasteiger partial charge in [-0.25, -0.2) is 0 Å². The maximum absolute atomic E-state index is 13.4. The lowest BCUT2D eigenvalue weighted by Crippen LogP contribution is -2.28. The van der Waals surface area contributed by atoms with Crippen LogP contribution in [0.1, 0.15) is 61.8 Å². The van der Waals surface area contributed by atoms with Gasteiger partial charge in [-0.1, -0.05) is 30.3 Å². The predicted octanol–water partition coefficient (Wildman–Crippen LogP) is 3.89. The second-order valence-electron chi connectivity index (χ2n) is 8.64. The van der Waals surface area contributed by atoms with Crippen LogP contribution >= 0.6 is 0 Å². The van der Waals surface area contributed by atoms with Gasteiger partial charge in [-0.3, -0.25) is 14.4 Å². The molecule has 1 unspecified atom stereocenters. The summed E-state index contributed by atoms with van der Waals surface area (Å²) < 4.78 is 2.09. The summed E-state index contributed by atoms with van der Waals surface area (Å²) in [6.45, 7) is 7.76. The molecule has 7 nitrogen and oxygen atoms in total. The average Bonchev–Trinajstić information content (AvgIpc) is 3.09. The van der Waals surface area contributed by atoms with Crippen LogP contribution in [-0.2, 0) is 6.54 Å². The molecule has 2 aromatic carbocycles. The molecule has 4 aromatic rings. The van der Waals surface area contributed by atoms with Crippen LogP contribution in [0.25, 0.3) is 10.9 Å². The number of amides is 2. The van der Waals surface area contributed by atoms with E-state index in [0.717, 1.165) is 33.4 Å². The highest BCUT2D eigenvalue weighted by Gasteiger charge is 2.23. The number of benzene rings is 2. The number of para-hydroxylation sites is 1. The third-order valence-electron chi connectivity index (χ3n) is 6.34. The molecule has 0 spiro atoms. The average molecular weight is 457 g/mol. The molecule has 0 aliphatic carbocycles. The lowest BCUT2D eigenvalue weighted by Gasteiger charge is -2.19. The van der Waals surface area contributed by atoms with Crippen molar-refractivity contribution in [2.24, 2.45) is 5.73 Å². The molecule has 0 bridgehead atoms. The molecule has 7 heteroatoms. The Kier molecular flexibility index (Phi) is 6.11. The van der Waals surface area contributed by atoms with Gasteiger partial charge in [0.1, 0.15) is 0 Å². The van der Waals surface area contributed by atoms with Gasteiger partial charge in [0, 0.05) is 40.0 Å². The molecule has 174 valence electrons. The van der Waals surface area contributed by atoms with Gasteiger partial charge in [0.15, 0.2) is 0 Å². The minimum atomic E-state index is -0.482. The molecule has 2 amide bonds. The van der Waals surface area contributed by atoms with E-state index in [1.165, 1.54) is 0 Å². The summed E-state index contributed by atoms with van der Waals surface area (Å²) in [5, 5.41) is 3.76. The molecular weight excluding hydrogens is 428 g/mol. The van der Waals surface area contributed by atoms with Crippen LogP contribution < -0.4 is 16.6 Å². The number of nitrogens with two attached hydrogens (primary N) is 1. The number of fused-ring (bicyclic) bond motifs is 1. The number of carbonyl (C=O) groups is 2. The Morgan fingerprint density at radius 2 is 1.79 bits per heavy atom. The van der Waals surface area contributed by atoms with Gasteiger partial charge < -0.3 is 20.6 Å². The van der Waals surface area contributed by atoms with Crippen molar-refractivity contribution in [3.05, 3.63) is 104 Å². The first kappa shape index (κ1) is 23.0. The number of rotatable bonds is 6. The minimum Gasteiger partial charge on any atom is -0.366 e. The summed E-state index contributed by atoms with van der Waals surface area (Å²) >= 11 is 0. The number of hydrogen-bond donors (Lipinski definition) is 3. The molecule has 4 rings (SSSR count). The molecule has 2 aromatic heterocycles. The zero-order chi connectivity index (χ0) is 24.6. The Morgan fingerprint density at radius 3 is 2.50 bits per heavy atom. The molecule has 0 radical (unpaired) electrons. The third-order valence-corrected chi connectivity index (χ3v) is 6.34. The van der Waals surface area contributed by atoms with Crippen molar-refractivity contribution < 1.29 is 9.59 Å². The van der Waals surface area contributed by atoms with Gasteiger partial charge in [0.2, 0.25) is 5.91 Å². The molecule has 0 saturated carbocycles. The quantitative estimate of drug-likeness (QED) is 0.409. The molecule has 2 heterocycles. The van der Waals surface area contributed by atoms with Crippen LogP contribution in [0.5, 0.6) is 0 Å². The van der Waals surface area contributed by atoms with Crippen molar-refractivity contribution in [2.45, 2.75) is 40.3 Å². The zero-order valence-electron chi connectivity index (χ0n) is 19.7. The number of carbonyl (C=O) groups excluding carboxylic acids is 2. The van der Waals surface area contributed by atoms with E-state index in [9.17, 15) is 14.4 Å². The number of primary amides is 1. The number of nitrogens with one attached hydrogen (secondary N) is 2. The van der Waals surface area contributed by atoms with Gasteiger partial charge >= 0.3 is 0 Å². The van der Waals surface area contributed by atoms with E-state index in [0.29, 0.717) is 16.7 Å². The zero-order valence-corrected chi connectivity index (χ0v) is 19.7. The van der Waals surface area contributed by atoms with Gasteiger partial charge in [-0.15, -0.1) is 0 Å². The largest absolute Gasteiger partial charge is 0.366 e. The monoisotopic (exact) mass is 456 g/mol. The highest BCUT2D eigenvalue weighted by atomic mass is 16.2. The van der Waals surface area contributed by atoms with Crippen molar-refractivity contribution in [3.63, 3.8) is 0 Å². The number of aromatic amines is 1. The minimum absolute atomic E-state index is 0.134. The molecule has 0 aliphatic heterocycles. The summed E-state index contributed by atoms with van der Waals surface area (Å²) in [4.78, 5) is 40.2. The van der Waals surface area contributed by atoms with E-state index in [1.807, 2.05) is 70.2 Å². The fraction of sp³-hybridized carbons (Fsp3) is 0.222. The van der Waals surface area contributed by atoms with E-state index in [1.54, 1.807) is 12.1 Å². The maximum atomic E-state index is 13.4. The first-order valence-corrected chi connectivity index (χ1v) is 11.2. The van der Waals surface area contributed by atoms with Gasteiger partial charge in [0.05, 0.1) is 11.6 Å². The van der Waals surface area contributed by atoms with Crippen molar-refractivity contribution in [1.82, 2.24) is 14.9 Å². The summed E-state index contributed by atoms with van der Waals surface area (Å²) in [5.74, 6) is -0.727. The number of aromatic nitrogens is 2. The van der Waals surface area contributed by atoms with Crippen molar-refractivity contribution in [1.29, 1.82) is 0 Å². The number of H-pyrrole nitrogens is 1. The third kappa shape index (κ3) is 4.12. The van der Waals surface area contributed by atoms with E-state index in [-0.39, 0.29) is 24.1 Å². The van der Waals surface area contributed by atoms with E-state index >= 15 is 0 Å². The standard InChI is InChI=1S/C27H28N4O3/c1-15-12-16(2)30-26(33)22(15)14-29-27(34)24-18(4)31(23-11-6-5-10-21(23)24)17(3)19-8-7-9-20(13-19)25(28)32/h5-13,17H,14H2,1-4H3,(H2,28,32)(H,29,34)(H,30,33). The number of hydrogen-bond acceptors (Lipinski definition) is 3. The summed E-state index contributed by atoms with van der Waals surface area (Å²) in [7, 11) is 0. The fourth-order valence-electron chi connectivity index (χ4n) is 4.64. The van der Waals surface area contributed by atoms with Crippen molar-refractivity contribution in [2.75, 3.05) is 0 Å². The predicted molar refractivity (Wildman–Crippen MR) is 133 cm³/mol. The first-order chi connectivity index (χ1) is 16.2. The number of pyridine rings is 1. The van der Waals surface area contributed by atoms with Crippen LogP contribution in [0.2, 0.25) is 0 Å². The Bertz CT molecular complexity index is 1480. The van der Waals surface area contributed by atoms with Gasteiger partial charge in [-0.2, -0.15) is 0 Å². The fourth-order valence-corrected chi connectivity index (χ4v) is 4.64. The van der Waals surface area contributed by atoms with Crippen molar-refractivity contribution in [3.8, 4) is 0 Å². The molecular formula is C27H28N4O3. The molecule has 0 fully saturated rings. The Hall–Kier alpha value is -4.13. The maximum Gasteiger partial charge on any atom is 0.254 e. The van der Waals surface area contributed by atoms with Crippen LogP contribution in [0.3, 0.4) is 0 Å². The summed E-state index contributed by atoms with van der Waals surface area (Å²) in [6, 6.07) is 16.7. The topological polar surface area (TPSA) is 110 Å². The highest BCUT2D eigenvalue weighted by molar-refractivity contribution is 6.08. The van der Waals surface area contributed by atoms with E-state index in [2.05, 4.69) is 14.9 Å². The summed E-state index contributed by atoms with van der Waals surface area (Å²) in [5.41, 5.74) is 11.1. The number of nitrogens with zero attached hydrogens (tertiary/aromatic N) is 1. The second kappa shape index (κ2) is 9.02. The Morgan fingerprint density at radius 1 is 1.06 bits per heavy atom. The van der Waals surface area contributed by atoms with Gasteiger partial charge in [0.25, 0.3) is 11.5 Å². The highest BCUT2D eigenvalue weighted by Crippen LogP contribution is 2.32.